The summed E-state index contributed by atoms with van der Waals surface area (Å²) in [5, 5.41) is 21.1. The number of carboxylic acids is 1. The van der Waals surface area contributed by atoms with Gasteiger partial charge in [0.25, 0.3) is 0 Å². The van der Waals surface area contributed by atoms with E-state index >= 15 is 0 Å². The Morgan fingerprint density at radius 2 is 1.95 bits per heavy atom. The lowest BCUT2D eigenvalue weighted by atomic mass is 10.1. The molecular weight excluding hydrogens is 250 g/mol. The summed E-state index contributed by atoms with van der Waals surface area (Å²) in [5.74, 6) is -0.739. The minimum Gasteiger partial charge on any atom is -0.545 e. The van der Waals surface area contributed by atoms with E-state index in [0.717, 1.165) is 6.20 Å². The Kier molecular flexibility index (Phi) is 3.42. The first-order valence-electron chi connectivity index (χ1n) is 5.30. The highest BCUT2D eigenvalue weighted by molar-refractivity contribution is 5.93. The van der Waals surface area contributed by atoms with Gasteiger partial charge in [-0.2, -0.15) is 0 Å². The molecule has 0 saturated heterocycles. The van der Waals surface area contributed by atoms with Crippen LogP contribution in [-0.2, 0) is 0 Å². The molecule has 0 atom stereocenters. The molecule has 6 heteroatoms. The number of furan rings is 1. The molecule has 0 fully saturated rings. The highest BCUT2D eigenvalue weighted by atomic mass is 16.6. The molecule has 0 aliphatic rings. The molecule has 0 aliphatic heterocycles. The van der Waals surface area contributed by atoms with E-state index in [4.69, 9.17) is 4.42 Å². The van der Waals surface area contributed by atoms with Gasteiger partial charge >= 0.3 is 0 Å². The number of benzene rings is 1. The zero-order chi connectivity index (χ0) is 13.8. The average Bonchev–Trinajstić information content (AvgIpc) is 2.85. The molecule has 2 aromatic rings. The third-order valence-electron chi connectivity index (χ3n) is 2.40. The molecule has 0 amide bonds. The molecule has 0 bridgehead atoms. The lowest BCUT2D eigenvalue weighted by Crippen LogP contribution is -2.22. The summed E-state index contributed by atoms with van der Waals surface area (Å²) in [4.78, 5) is 20.5. The van der Waals surface area contributed by atoms with Gasteiger partial charge in [-0.3, -0.25) is 10.1 Å². The molecule has 6 nitrogen and oxygen atoms in total. The van der Waals surface area contributed by atoms with E-state index in [-0.39, 0.29) is 11.3 Å². The van der Waals surface area contributed by atoms with Gasteiger partial charge in [0.05, 0.1) is 17.0 Å². The Balaban J connectivity index is 2.38. The average molecular weight is 258 g/mol. The quantitative estimate of drug-likeness (QED) is 0.612. The molecule has 1 aromatic heterocycles. The maximum atomic E-state index is 11.0. The third-order valence-corrected chi connectivity index (χ3v) is 2.40. The first-order valence-corrected chi connectivity index (χ1v) is 5.30. The van der Waals surface area contributed by atoms with Crippen LogP contribution in [0.3, 0.4) is 0 Å². The molecule has 96 valence electrons. The Morgan fingerprint density at radius 3 is 2.63 bits per heavy atom. The van der Waals surface area contributed by atoms with Crippen molar-refractivity contribution in [3.63, 3.8) is 0 Å². The Bertz CT molecular complexity index is 657. The lowest BCUT2D eigenvalue weighted by Gasteiger charge is -2.07. The van der Waals surface area contributed by atoms with Gasteiger partial charge in [0, 0.05) is 11.1 Å². The van der Waals surface area contributed by atoms with Crippen molar-refractivity contribution in [3.8, 4) is 11.3 Å². The molecule has 0 radical (unpaired) electrons. The SMILES string of the molecule is O=C([O-])c1ccccc1-c1ccc(/C=C/[N+](=O)[O-])o1. The molecule has 1 heterocycles. The van der Waals surface area contributed by atoms with Crippen LogP contribution in [0, 0.1) is 10.1 Å². The highest BCUT2D eigenvalue weighted by Gasteiger charge is 2.09. The zero-order valence-electron chi connectivity index (χ0n) is 9.61. The summed E-state index contributed by atoms with van der Waals surface area (Å²) >= 11 is 0. The predicted molar refractivity (Wildman–Crippen MR) is 64.5 cm³/mol. The van der Waals surface area contributed by atoms with Gasteiger partial charge in [0.2, 0.25) is 6.20 Å². The van der Waals surface area contributed by atoms with Gasteiger partial charge in [-0.25, -0.2) is 0 Å². The molecule has 19 heavy (non-hydrogen) atoms. The standard InChI is InChI=1S/C13H9NO5/c15-13(16)11-4-2-1-3-10(11)12-6-5-9(19-12)7-8-14(17)18/h1-8H,(H,15,16)/p-1/b8-7+. The molecular formula is C13H8NO5-. The van der Waals surface area contributed by atoms with E-state index in [2.05, 4.69) is 0 Å². The second-order valence-electron chi connectivity index (χ2n) is 3.64. The summed E-state index contributed by atoms with van der Waals surface area (Å²) < 4.78 is 5.33. The van der Waals surface area contributed by atoms with E-state index in [1.54, 1.807) is 24.3 Å². The summed E-state index contributed by atoms with van der Waals surface area (Å²) in [7, 11) is 0. The molecule has 2 rings (SSSR count). The zero-order valence-corrected chi connectivity index (χ0v) is 9.61. The highest BCUT2D eigenvalue weighted by Crippen LogP contribution is 2.26. The van der Waals surface area contributed by atoms with Crippen LogP contribution in [-0.4, -0.2) is 10.9 Å². The van der Waals surface area contributed by atoms with Crippen LogP contribution in [0.4, 0.5) is 0 Å². The van der Waals surface area contributed by atoms with Gasteiger partial charge in [0.15, 0.2) is 0 Å². The first-order chi connectivity index (χ1) is 9.08. The van der Waals surface area contributed by atoms with E-state index in [1.165, 1.54) is 18.2 Å². The predicted octanol–water partition coefficient (Wildman–Crippen LogP) is 1.56. The van der Waals surface area contributed by atoms with Crippen LogP contribution in [0.2, 0.25) is 0 Å². The fourth-order valence-electron chi connectivity index (χ4n) is 1.60. The minimum atomic E-state index is -1.31. The van der Waals surface area contributed by atoms with Crippen molar-refractivity contribution in [1.82, 2.24) is 0 Å². The summed E-state index contributed by atoms with van der Waals surface area (Å²) in [6.45, 7) is 0. The van der Waals surface area contributed by atoms with Crippen molar-refractivity contribution in [3.05, 3.63) is 64.0 Å². The summed E-state index contributed by atoms with van der Waals surface area (Å²) in [6, 6.07) is 9.27. The van der Waals surface area contributed by atoms with Crippen LogP contribution >= 0.6 is 0 Å². The van der Waals surface area contributed by atoms with Crippen molar-refractivity contribution in [2.45, 2.75) is 0 Å². The van der Waals surface area contributed by atoms with E-state index in [9.17, 15) is 20.0 Å². The van der Waals surface area contributed by atoms with Gasteiger partial charge in [-0.05, 0) is 12.1 Å². The fourth-order valence-corrected chi connectivity index (χ4v) is 1.60. The first kappa shape index (κ1) is 12.6. The summed E-state index contributed by atoms with van der Waals surface area (Å²) in [5.41, 5.74) is 0.366. The second kappa shape index (κ2) is 5.18. The molecule has 0 aliphatic carbocycles. The maximum Gasteiger partial charge on any atom is 0.238 e. The van der Waals surface area contributed by atoms with Crippen LogP contribution < -0.4 is 5.11 Å². The van der Waals surface area contributed by atoms with Crippen LogP contribution in [0.1, 0.15) is 16.1 Å². The van der Waals surface area contributed by atoms with Gasteiger partial charge in [-0.15, -0.1) is 0 Å². The number of nitrogens with zero attached hydrogens (tertiary/aromatic N) is 1. The van der Waals surface area contributed by atoms with Crippen molar-refractivity contribution >= 4 is 12.0 Å². The number of hydrogen-bond acceptors (Lipinski definition) is 5. The van der Waals surface area contributed by atoms with E-state index in [1.807, 2.05) is 0 Å². The van der Waals surface area contributed by atoms with Gasteiger partial charge in [0.1, 0.15) is 11.5 Å². The molecule has 0 spiro atoms. The van der Waals surface area contributed by atoms with Crippen LogP contribution in [0.25, 0.3) is 17.4 Å². The van der Waals surface area contributed by atoms with Crippen molar-refractivity contribution < 1.29 is 19.2 Å². The van der Waals surface area contributed by atoms with Crippen LogP contribution in [0.15, 0.2) is 47.0 Å². The Hall–Kier alpha value is -2.89. The number of carboxylic acid groups (broad SMARTS) is 1. The molecule has 0 saturated carbocycles. The van der Waals surface area contributed by atoms with E-state index in [0.29, 0.717) is 11.3 Å². The Morgan fingerprint density at radius 1 is 1.21 bits per heavy atom. The summed E-state index contributed by atoms with van der Waals surface area (Å²) in [6.07, 6.45) is 1.93. The second-order valence-corrected chi connectivity index (χ2v) is 3.64. The fraction of sp³-hybridized carbons (Fsp3) is 0. The number of carbonyl (C=O) groups excluding carboxylic acids is 1. The number of nitro groups is 1. The lowest BCUT2D eigenvalue weighted by molar-refractivity contribution is -0.401. The molecule has 0 unspecified atom stereocenters. The van der Waals surface area contributed by atoms with Gasteiger partial charge in [-0.1, -0.05) is 24.3 Å². The topological polar surface area (TPSA) is 96.4 Å². The number of aromatic carboxylic acids is 1. The molecule has 1 aromatic carbocycles. The maximum absolute atomic E-state index is 11.0. The minimum absolute atomic E-state index is 0.00153. The third kappa shape index (κ3) is 2.86. The monoisotopic (exact) mass is 258 g/mol. The number of rotatable bonds is 4. The van der Waals surface area contributed by atoms with Crippen molar-refractivity contribution in [2.75, 3.05) is 0 Å². The normalized spacial score (nSPS) is 10.7. The number of carbonyl (C=O) groups is 1. The van der Waals surface area contributed by atoms with Crippen molar-refractivity contribution in [1.29, 1.82) is 0 Å². The van der Waals surface area contributed by atoms with Crippen LogP contribution in [0.5, 0.6) is 0 Å². The smallest absolute Gasteiger partial charge is 0.238 e. The number of hydrogen-bond donors (Lipinski definition) is 0. The Labute approximate surface area is 107 Å². The van der Waals surface area contributed by atoms with Crippen molar-refractivity contribution in [2.24, 2.45) is 0 Å². The largest absolute Gasteiger partial charge is 0.545 e. The molecule has 0 N–H and O–H groups in total. The van der Waals surface area contributed by atoms with E-state index < -0.39 is 10.9 Å². The van der Waals surface area contributed by atoms with Gasteiger partial charge < -0.3 is 14.3 Å².